The zero-order chi connectivity index (χ0) is 18.6. The van der Waals surface area contributed by atoms with Crippen molar-refractivity contribution >= 4 is 29.0 Å². The molecule has 8 heteroatoms. The number of piperidine rings is 1. The second-order valence-corrected chi connectivity index (χ2v) is 6.95. The quantitative estimate of drug-likeness (QED) is 0.703. The molecule has 3 aromatic rings. The fraction of sp³-hybridized carbons (Fsp3) is 0.368. The van der Waals surface area contributed by atoms with Crippen LogP contribution >= 0.6 is 0 Å². The minimum absolute atomic E-state index is 0.416. The molecular formula is C19H23N7O. The summed E-state index contributed by atoms with van der Waals surface area (Å²) in [4.78, 5) is 6.84. The first-order valence-corrected chi connectivity index (χ1v) is 9.18. The Morgan fingerprint density at radius 3 is 2.56 bits per heavy atom. The van der Waals surface area contributed by atoms with Gasteiger partial charge in [0.2, 0.25) is 5.95 Å². The van der Waals surface area contributed by atoms with Crippen LogP contribution < -0.4 is 15.5 Å². The molecule has 0 spiro atoms. The van der Waals surface area contributed by atoms with Crippen LogP contribution in [-0.4, -0.2) is 33.4 Å². The van der Waals surface area contributed by atoms with E-state index in [1.807, 2.05) is 19.1 Å². The van der Waals surface area contributed by atoms with E-state index >= 15 is 0 Å². The summed E-state index contributed by atoms with van der Waals surface area (Å²) in [5.41, 5.74) is 2.17. The Balaban J connectivity index is 1.41. The Hall–Kier alpha value is -3.16. The molecular weight excluding hydrogens is 342 g/mol. The molecule has 0 saturated carbocycles. The van der Waals surface area contributed by atoms with Crippen molar-refractivity contribution in [2.75, 3.05) is 28.6 Å². The van der Waals surface area contributed by atoms with Gasteiger partial charge in [-0.1, -0.05) is 12.1 Å². The number of benzene rings is 1. The number of anilines is 5. The maximum absolute atomic E-state index is 5.03. The zero-order valence-electron chi connectivity index (χ0n) is 15.5. The number of aromatic nitrogens is 4. The lowest BCUT2D eigenvalue weighted by atomic mass is 9.99. The highest BCUT2D eigenvalue weighted by atomic mass is 16.5. The minimum Gasteiger partial charge on any atom is -0.372 e. The smallest absolute Gasteiger partial charge is 0.249 e. The van der Waals surface area contributed by atoms with Crippen LogP contribution in [0.1, 0.15) is 25.5 Å². The Kier molecular flexibility index (Phi) is 4.86. The number of rotatable bonds is 5. The van der Waals surface area contributed by atoms with Crippen molar-refractivity contribution in [1.29, 1.82) is 0 Å². The molecule has 2 aromatic heterocycles. The van der Waals surface area contributed by atoms with Crippen molar-refractivity contribution in [1.82, 2.24) is 20.3 Å². The molecule has 0 atom stereocenters. The zero-order valence-corrected chi connectivity index (χ0v) is 15.5. The molecule has 0 aliphatic carbocycles. The number of hydrogen-bond donors (Lipinski definition) is 2. The van der Waals surface area contributed by atoms with Gasteiger partial charge in [-0.05, 0) is 49.9 Å². The normalized spacial score (nSPS) is 15.0. The Bertz CT molecular complexity index is 885. The molecule has 3 heterocycles. The Labute approximate surface area is 158 Å². The van der Waals surface area contributed by atoms with Crippen molar-refractivity contribution < 1.29 is 4.52 Å². The fourth-order valence-corrected chi connectivity index (χ4v) is 3.12. The first-order chi connectivity index (χ1) is 13.2. The molecule has 0 unspecified atom stereocenters. The molecule has 0 radical (unpaired) electrons. The lowest BCUT2D eigenvalue weighted by molar-refractivity contribution is 0.400. The number of aryl methyl sites for hydroxylation is 1. The van der Waals surface area contributed by atoms with Crippen molar-refractivity contribution in [3.8, 4) is 0 Å². The maximum atomic E-state index is 5.03. The van der Waals surface area contributed by atoms with Crippen LogP contribution in [0.15, 0.2) is 41.1 Å². The van der Waals surface area contributed by atoms with E-state index in [1.54, 1.807) is 6.07 Å². The number of nitrogens with zero attached hydrogens (tertiary/aromatic N) is 5. The lowest BCUT2D eigenvalue weighted by Gasteiger charge is -2.32. The minimum atomic E-state index is 0.416. The third-order valence-electron chi connectivity index (χ3n) is 4.72. The van der Waals surface area contributed by atoms with Crippen LogP contribution in [0.25, 0.3) is 0 Å². The third kappa shape index (κ3) is 4.33. The van der Waals surface area contributed by atoms with Crippen LogP contribution in [0.3, 0.4) is 0 Å². The number of hydrogen-bond acceptors (Lipinski definition) is 8. The molecule has 1 fully saturated rings. The molecule has 1 aliphatic heterocycles. The van der Waals surface area contributed by atoms with Crippen LogP contribution in [-0.2, 0) is 0 Å². The van der Waals surface area contributed by atoms with Crippen molar-refractivity contribution in [2.24, 2.45) is 5.92 Å². The lowest BCUT2D eigenvalue weighted by Crippen LogP contribution is -2.32. The first-order valence-electron chi connectivity index (χ1n) is 9.18. The maximum Gasteiger partial charge on any atom is 0.249 e. The molecule has 0 amide bonds. The van der Waals surface area contributed by atoms with Gasteiger partial charge in [-0.15, -0.1) is 5.10 Å². The topological polar surface area (TPSA) is 92.0 Å². The second kappa shape index (κ2) is 7.61. The molecule has 0 bridgehead atoms. The summed E-state index contributed by atoms with van der Waals surface area (Å²) < 4.78 is 5.03. The van der Waals surface area contributed by atoms with Crippen molar-refractivity contribution in [3.63, 3.8) is 0 Å². The van der Waals surface area contributed by atoms with Crippen LogP contribution in [0.4, 0.5) is 29.0 Å². The van der Waals surface area contributed by atoms with E-state index in [1.165, 1.54) is 24.7 Å². The van der Waals surface area contributed by atoms with Gasteiger partial charge in [0.05, 0.1) is 6.20 Å². The first kappa shape index (κ1) is 17.3. The molecule has 2 N–H and O–H groups in total. The molecule has 27 heavy (non-hydrogen) atoms. The summed E-state index contributed by atoms with van der Waals surface area (Å²) in [5, 5.41) is 18.1. The van der Waals surface area contributed by atoms with E-state index in [2.05, 4.69) is 54.9 Å². The number of nitrogens with one attached hydrogen (secondary N) is 2. The molecule has 4 rings (SSSR count). The summed E-state index contributed by atoms with van der Waals surface area (Å²) in [6, 6.07) is 10.1. The van der Waals surface area contributed by atoms with Gasteiger partial charge in [-0.25, -0.2) is 0 Å². The van der Waals surface area contributed by atoms with Crippen LogP contribution in [0.2, 0.25) is 0 Å². The van der Waals surface area contributed by atoms with Gasteiger partial charge in [0, 0.05) is 30.5 Å². The summed E-state index contributed by atoms with van der Waals surface area (Å²) >= 11 is 0. The summed E-state index contributed by atoms with van der Waals surface area (Å²) in [6.45, 7) is 6.40. The molecule has 1 aromatic carbocycles. The monoisotopic (exact) mass is 365 g/mol. The highest BCUT2D eigenvalue weighted by Crippen LogP contribution is 2.25. The fourth-order valence-electron chi connectivity index (χ4n) is 3.12. The predicted octanol–water partition coefficient (Wildman–Crippen LogP) is 3.89. The van der Waals surface area contributed by atoms with Crippen LogP contribution in [0.5, 0.6) is 0 Å². The molecule has 1 saturated heterocycles. The standard InChI is InChI=1S/C19H23N7O/c1-13-7-9-26(10-8-13)16-5-3-15(4-6-16)21-19-23-18(12-20-24-19)22-17-11-14(2)27-25-17/h3-6,11-13H,7-10H2,1-2H3,(H2,21,22,23,24,25). The highest BCUT2D eigenvalue weighted by Gasteiger charge is 2.15. The van der Waals surface area contributed by atoms with Gasteiger partial charge in [0.15, 0.2) is 11.6 Å². The Morgan fingerprint density at radius 1 is 1.07 bits per heavy atom. The van der Waals surface area contributed by atoms with Gasteiger partial charge < -0.3 is 20.1 Å². The van der Waals surface area contributed by atoms with Crippen molar-refractivity contribution in [3.05, 3.63) is 42.3 Å². The molecule has 1 aliphatic rings. The van der Waals surface area contributed by atoms with E-state index in [-0.39, 0.29) is 0 Å². The third-order valence-corrected chi connectivity index (χ3v) is 4.72. The summed E-state index contributed by atoms with van der Waals surface area (Å²) in [7, 11) is 0. The largest absolute Gasteiger partial charge is 0.372 e. The van der Waals surface area contributed by atoms with Gasteiger partial charge >= 0.3 is 0 Å². The van der Waals surface area contributed by atoms with Crippen molar-refractivity contribution in [2.45, 2.75) is 26.7 Å². The van der Waals surface area contributed by atoms with E-state index in [0.29, 0.717) is 17.6 Å². The van der Waals surface area contributed by atoms with E-state index < -0.39 is 0 Å². The van der Waals surface area contributed by atoms with E-state index in [4.69, 9.17) is 4.52 Å². The summed E-state index contributed by atoms with van der Waals surface area (Å²) in [5.74, 6) is 3.09. The van der Waals surface area contributed by atoms with Crippen LogP contribution in [0, 0.1) is 12.8 Å². The molecule has 140 valence electrons. The average Bonchev–Trinajstić information content (AvgIpc) is 3.08. The van der Waals surface area contributed by atoms with Gasteiger partial charge in [0.1, 0.15) is 5.76 Å². The highest BCUT2D eigenvalue weighted by molar-refractivity contribution is 5.60. The van der Waals surface area contributed by atoms with E-state index in [0.717, 1.165) is 30.5 Å². The Morgan fingerprint density at radius 2 is 1.85 bits per heavy atom. The van der Waals surface area contributed by atoms with Gasteiger partial charge in [0.25, 0.3) is 0 Å². The SMILES string of the molecule is Cc1cc(Nc2cnnc(Nc3ccc(N4CCC(C)CC4)cc3)n2)no1. The average molecular weight is 365 g/mol. The second-order valence-electron chi connectivity index (χ2n) is 6.95. The van der Waals surface area contributed by atoms with E-state index in [9.17, 15) is 0 Å². The predicted molar refractivity (Wildman–Crippen MR) is 105 cm³/mol. The van der Waals surface area contributed by atoms with Gasteiger partial charge in [-0.3, -0.25) is 0 Å². The molecule has 8 nitrogen and oxygen atoms in total. The van der Waals surface area contributed by atoms with Gasteiger partial charge in [-0.2, -0.15) is 10.1 Å². The summed E-state index contributed by atoms with van der Waals surface area (Å²) in [6.07, 6.45) is 4.05.